The van der Waals surface area contributed by atoms with E-state index in [1.165, 1.54) is 0 Å². The van der Waals surface area contributed by atoms with Gasteiger partial charge in [0.1, 0.15) is 5.76 Å². The minimum absolute atomic E-state index is 0.213. The van der Waals surface area contributed by atoms with Gasteiger partial charge in [-0.15, -0.1) is 0 Å². The number of hydrogen-bond acceptors (Lipinski definition) is 3. The van der Waals surface area contributed by atoms with Crippen molar-refractivity contribution in [3.05, 3.63) is 24.2 Å². The van der Waals surface area contributed by atoms with Gasteiger partial charge in [0.05, 0.1) is 12.4 Å². The van der Waals surface area contributed by atoms with Crippen LogP contribution in [0, 0.1) is 5.92 Å². The highest BCUT2D eigenvalue weighted by Crippen LogP contribution is 2.13. The number of aliphatic hydroxyl groups excluding tert-OH is 1. The molecule has 2 atom stereocenters. The number of aliphatic hydroxyl groups is 1. The summed E-state index contributed by atoms with van der Waals surface area (Å²) in [6.45, 7) is 2.60. The molecule has 2 unspecified atom stereocenters. The maximum Gasteiger partial charge on any atom is 0.103 e. The van der Waals surface area contributed by atoms with Gasteiger partial charge in [0.2, 0.25) is 0 Å². The topological polar surface area (TPSA) is 59.4 Å². The molecule has 3 N–H and O–H groups in total. The summed E-state index contributed by atoms with van der Waals surface area (Å²) in [7, 11) is 0. The monoisotopic (exact) mass is 197 g/mol. The average Bonchev–Trinajstić information content (AvgIpc) is 2.69. The van der Waals surface area contributed by atoms with Crippen molar-refractivity contribution in [1.29, 1.82) is 0 Å². The smallest absolute Gasteiger partial charge is 0.103 e. The molecule has 0 saturated carbocycles. The van der Waals surface area contributed by atoms with Crippen molar-refractivity contribution in [3.8, 4) is 0 Å². The molecule has 0 amide bonds. The predicted octanol–water partition coefficient (Wildman–Crippen LogP) is 1.56. The lowest BCUT2D eigenvalue weighted by Crippen LogP contribution is -2.27. The Morgan fingerprint density at radius 3 is 2.86 bits per heavy atom. The summed E-state index contributed by atoms with van der Waals surface area (Å²) in [5.74, 6) is 1.14. The first-order valence-corrected chi connectivity index (χ1v) is 5.18. The van der Waals surface area contributed by atoms with Crippen LogP contribution >= 0.6 is 0 Å². The van der Waals surface area contributed by atoms with E-state index in [1.807, 2.05) is 19.1 Å². The Morgan fingerprint density at radius 2 is 2.36 bits per heavy atom. The third kappa shape index (κ3) is 3.16. The molecule has 1 rings (SSSR count). The third-order valence-corrected chi connectivity index (χ3v) is 2.64. The highest BCUT2D eigenvalue weighted by Gasteiger charge is 2.15. The molecule has 0 aliphatic carbocycles. The largest absolute Gasteiger partial charge is 0.469 e. The summed E-state index contributed by atoms with van der Waals surface area (Å²) in [5, 5.41) is 9.79. The molecule has 1 heterocycles. The van der Waals surface area contributed by atoms with E-state index in [1.54, 1.807) is 6.26 Å². The Labute approximate surface area is 84.9 Å². The molecule has 14 heavy (non-hydrogen) atoms. The summed E-state index contributed by atoms with van der Waals surface area (Å²) in [5.41, 5.74) is 5.55. The zero-order chi connectivity index (χ0) is 10.4. The molecule has 0 fully saturated rings. The first-order chi connectivity index (χ1) is 6.77. The molecule has 0 aliphatic heterocycles. The van der Waals surface area contributed by atoms with Gasteiger partial charge in [-0.05, 0) is 37.4 Å². The summed E-state index contributed by atoms with van der Waals surface area (Å²) < 4.78 is 5.19. The van der Waals surface area contributed by atoms with E-state index in [0.29, 0.717) is 6.54 Å². The van der Waals surface area contributed by atoms with Crippen LogP contribution in [0.2, 0.25) is 0 Å². The second-order valence-corrected chi connectivity index (χ2v) is 3.59. The van der Waals surface area contributed by atoms with Crippen LogP contribution in [0.3, 0.4) is 0 Å². The summed E-state index contributed by atoms with van der Waals surface area (Å²) in [6.07, 6.45) is 3.78. The molecule has 3 nitrogen and oxygen atoms in total. The number of aryl methyl sites for hydroxylation is 1. The minimum atomic E-state index is -0.310. The standard InChI is InChI=1S/C11H19NO2/c1-2-9(8-12)11(13)6-5-10-4-3-7-14-10/h3-4,7,9,11,13H,2,5-6,8,12H2,1H3. The molecular formula is C11H19NO2. The lowest BCUT2D eigenvalue weighted by molar-refractivity contribution is 0.0992. The normalized spacial score (nSPS) is 15.4. The van der Waals surface area contributed by atoms with Gasteiger partial charge in [0.25, 0.3) is 0 Å². The van der Waals surface area contributed by atoms with Crippen molar-refractivity contribution in [2.24, 2.45) is 11.7 Å². The lowest BCUT2D eigenvalue weighted by atomic mass is 9.95. The summed E-state index contributed by atoms with van der Waals surface area (Å²) in [4.78, 5) is 0. The van der Waals surface area contributed by atoms with Gasteiger partial charge in [-0.3, -0.25) is 0 Å². The third-order valence-electron chi connectivity index (χ3n) is 2.64. The Balaban J connectivity index is 2.30. The second kappa shape index (κ2) is 5.83. The van der Waals surface area contributed by atoms with Crippen LogP contribution in [0.1, 0.15) is 25.5 Å². The molecule has 1 aromatic heterocycles. The molecule has 0 radical (unpaired) electrons. The van der Waals surface area contributed by atoms with Crippen LogP contribution in [0.4, 0.5) is 0 Å². The molecular weight excluding hydrogens is 178 g/mol. The van der Waals surface area contributed by atoms with Crippen molar-refractivity contribution in [1.82, 2.24) is 0 Å². The predicted molar refractivity (Wildman–Crippen MR) is 55.9 cm³/mol. The first kappa shape index (κ1) is 11.3. The van der Waals surface area contributed by atoms with E-state index in [4.69, 9.17) is 10.2 Å². The van der Waals surface area contributed by atoms with E-state index in [2.05, 4.69) is 0 Å². The maximum absolute atomic E-state index is 9.79. The van der Waals surface area contributed by atoms with Gasteiger partial charge >= 0.3 is 0 Å². The van der Waals surface area contributed by atoms with Gasteiger partial charge in [-0.25, -0.2) is 0 Å². The molecule has 80 valence electrons. The Morgan fingerprint density at radius 1 is 1.57 bits per heavy atom. The van der Waals surface area contributed by atoms with Crippen molar-refractivity contribution in [3.63, 3.8) is 0 Å². The number of hydrogen-bond donors (Lipinski definition) is 2. The Kier molecular flexibility index (Phi) is 4.70. The van der Waals surface area contributed by atoms with Crippen LogP contribution in [0.5, 0.6) is 0 Å². The van der Waals surface area contributed by atoms with Crippen molar-refractivity contribution in [2.45, 2.75) is 32.3 Å². The molecule has 0 spiro atoms. The number of nitrogens with two attached hydrogens (primary N) is 1. The van der Waals surface area contributed by atoms with Crippen LogP contribution in [0.15, 0.2) is 22.8 Å². The molecule has 0 saturated heterocycles. The fraction of sp³-hybridized carbons (Fsp3) is 0.636. The van der Waals surface area contributed by atoms with Gasteiger partial charge in [-0.1, -0.05) is 6.92 Å². The van der Waals surface area contributed by atoms with Crippen molar-refractivity contribution < 1.29 is 9.52 Å². The van der Waals surface area contributed by atoms with Crippen LogP contribution in [0.25, 0.3) is 0 Å². The van der Waals surface area contributed by atoms with E-state index >= 15 is 0 Å². The first-order valence-electron chi connectivity index (χ1n) is 5.18. The molecule has 0 bridgehead atoms. The quantitative estimate of drug-likeness (QED) is 0.727. The van der Waals surface area contributed by atoms with Crippen LogP contribution in [-0.2, 0) is 6.42 Å². The average molecular weight is 197 g/mol. The van der Waals surface area contributed by atoms with Crippen molar-refractivity contribution >= 4 is 0 Å². The molecule has 1 aromatic rings. The fourth-order valence-corrected chi connectivity index (χ4v) is 1.58. The summed E-state index contributed by atoms with van der Waals surface area (Å²) >= 11 is 0. The maximum atomic E-state index is 9.79. The number of furan rings is 1. The molecule has 0 aromatic carbocycles. The Hall–Kier alpha value is -0.800. The SMILES string of the molecule is CCC(CN)C(O)CCc1ccco1. The lowest BCUT2D eigenvalue weighted by Gasteiger charge is -2.19. The van der Waals surface area contributed by atoms with Gasteiger partial charge < -0.3 is 15.3 Å². The van der Waals surface area contributed by atoms with E-state index in [0.717, 1.165) is 25.0 Å². The van der Waals surface area contributed by atoms with Gasteiger partial charge in [0, 0.05) is 6.42 Å². The minimum Gasteiger partial charge on any atom is -0.469 e. The van der Waals surface area contributed by atoms with Crippen molar-refractivity contribution in [2.75, 3.05) is 6.54 Å². The fourth-order valence-electron chi connectivity index (χ4n) is 1.58. The molecule has 0 aliphatic rings. The highest BCUT2D eigenvalue weighted by atomic mass is 16.3. The van der Waals surface area contributed by atoms with Crippen LogP contribution < -0.4 is 5.73 Å². The zero-order valence-electron chi connectivity index (χ0n) is 8.65. The summed E-state index contributed by atoms with van der Waals surface area (Å²) in [6, 6.07) is 3.79. The van der Waals surface area contributed by atoms with Crippen LogP contribution in [-0.4, -0.2) is 17.8 Å². The van der Waals surface area contributed by atoms with E-state index in [-0.39, 0.29) is 12.0 Å². The van der Waals surface area contributed by atoms with E-state index < -0.39 is 0 Å². The molecule has 3 heteroatoms. The highest BCUT2D eigenvalue weighted by molar-refractivity contribution is 4.98. The van der Waals surface area contributed by atoms with Gasteiger partial charge in [0.15, 0.2) is 0 Å². The van der Waals surface area contributed by atoms with E-state index in [9.17, 15) is 5.11 Å². The van der Waals surface area contributed by atoms with Gasteiger partial charge in [-0.2, -0.15) is 0 Å². The Bertz CT molecular complexity index is 229. The second-order valence-electron chi connectivity index (χ2n) is 3.59. The number of rotatable bonds is 6. The zero-order valence-corrected chi connectivity index (χ0v) is 8.65.